The Hall–Kier alpha value is -2.41. The molecular formula is C13H12ClN5O2. The third kappa shape index (κ3) is 2.59. The van der Waals surface area contributed by atoms with Crippen LogP contribution >= 0.6 is 11.6 Å². The predicted octanol–water partition coefficient (Wildman–Crippen LogP) is 1.76. The van der Waals surface area contributed by atoms with Crippen molar-refractivity contribution in [1.82, 2.24) is 14.8 Å². The molecule has 2 N–H and O–H groups in total. The Labute approximate surface area is 125 Å². The highest BCUT2D eigenvalue weighted by Crippen LogP contribution is 2.26. The monoisotopic (exact) mass is 305 g/mol. The molecule has 1 aromatic heterocycles. The first kappa shape index (κ1) is 13.6. The molecule has 1 aliphatic rings. The van der Waals surface area contributed by atoms with E-state index in [0.717, 1.165) is 0 Å². The Balaban J connectivity index is 1.88. The maximum Gasteiger partial charge on any atom is 0.249 e. The fourth-order valence-corrected chi connectivity index (χ4v) is 2.34. The number of anilines is 2. The lowest BCUT2D eigenvalue weighted by atomic mass is 10.1. The van der Waals surface area contributed by atoms with Gasteiger partial charge in [-0.15, -0.1) is 0 Å². The van der Waals surface area contributed by atoms with E-state index >= 15 is 0 Å². The molecule has 0 fully saturated rings. The van der Waals surface area contributed by atoms with Crippen LogP contribution in [0.5, 0.6) is 0 Å². The number of nitrogens with zero attached hydrogens (tertiary/aromatic N) is 3. The Kier molecular flexibility index (Phi) is 3.34. The van der Waals surface area contributed by atoms with Crippen molar-refractivity contribution in [3.63, 3.8) is 0 Å². The number of carbonyl (C=O) groups excluding carboxylic acids is 2. The van der Waals surface area contributed by atoms with Gasteiger partial charge in [-0.3, -0.25) is 14.9 Å². The Morgan fingerprint density at radius 2 is 2.24 bits per heavy atom. The van der Waals surface area contributed by atoms with E-state index in [-0.39, 0.29) is 24.2 Å². The van der Waals surface area contributed by atoms with Crippen LogP contribution in [-0.2, 0) is 9.59 Å². The van der Waals surface area contributed by atoms with Crippen LogP contribution in [0, 0.1) is 6.92 Å². The molecule has 3 rings (SSSR count). The quantitative estimate of drug-likeness (QED) is 0.885. The molecule has 0 aliphatic carbocycles. The van der Waals surface area contributed by atoms with Crippen molar-refractivity contribution < 1.29 is 9.59 Å². The average Bonchev–Trinajstić information content (AvgIpc) is 2.80. The third-order valence-corrected chi connectivity index (χ3v) is 3.43. The Morgan fingerprint density at radius 1 is 1.48 bits per heavy atom. The zero-order valence-corrected chi connectivity index (χ0v) is 11.9. The molecule has 108 valence electrons. The molecule has 0 bridgehead atoms. The van der Waals surface area contributed by atoms with Crippen molar-refractivity contribution >= 4 is 35.1 Å². The van der Waals surface area contributed by atoms with E-state index < -0.39 is 6.04 Å². The molecule has 1 aromatic carbocycles. The number of halogens is 1. The van der Waals surface area contributed by atoms with Gasteiger partial charge in [0, 0.05) is 0 Å². The average molecular weight is 306 g/mol. The van der Waals surface area contributed by atoms with Gasteiger partial charge in [0.2, 0.25) is 17.8 Å². The second-order valence-electron chi connectivity index (χ2n) is 4.66. The highest BCUT2D eigenvalue weighted by Gasteiger charge is 2.32. The number of rotatable bonds is 2. The maximum atomic E-state index is 12.4. The van der Waals surface area contributed by atoms with E-state index in [1.807, 2.05) is 0 Å². The van der Waals surface area contributed by atoms with Crippen LogP contribution < -0.4 is 10.6 Å². The van der Waals surface area contributed by atoms with Crippen molar-refractivity contribution in [2.24, 2.45) is 0 Å². The first-order valence-corrected chi connectivity index (χ1v) is 6.71. The van der Waals surface area contributed by atoms with E-state index in [9.17, 15) is 9.59 Å². The topological polar surface area (TPSA) is 88.9 Å². The first-order valence-electron chi connectivity index (χ1n) is 6.33. The van der Waals surface area contributed by atoms with Gasteiger partial charge in [-0.05, 0) is 19.1 Å². The predicted molar refractivity (Wildman–Crippen MR) is 77.1 cm³/mol. The lowest BCUT2D eigenvalue weighted by Gasteiger charge is -2.22. The summed E-state index contributed by atoms with van der Waals surface area (Å²) in [6, 6.07) is 6.16. The summed E-state index contributed by atoms with van der Waals surface area (Å²) in [4.78, 5) is 28.1. The normalized spacial score (nSPS) is 17.0. The molecule has 2 aromatic rings. The van der Waals surface area contributed by atoms with Gasteiger partial charge in [-0.1, -0.05) is 23.7 Å². The van der Waals surface area contributed by atoms with E-state index in [1.54, 1.807) is 31.2 Å². The van der Waals surface area contributed by atoms with E-state index in [0.29, 0.717) is 16.5 Å². The smallest absolute Gasteiger partial charge is 0.249 e. The van der Waals surface area contributed by atoms with Gasteiger partial charge in [0.1, 0.15) is 11.9 Å². The highest BCUT2D eigenvalue weighted by molar-refractivity contribution is 6.33. The fraction of sp³-hybridized carbons (Fsp3) is 0.231. The van der Waals surface area contributed by atoms with Crippen LogP contribution in [0.25, 0.3) is 0 Å². The molecule has 7 nitrogen and oxygen atoms in total. The molecule has 21 heavy (non-hydrogen) atoms. The summed E-state index contributed by atoms with van der Waals surface area (Å²) in [6.45, 7) is 1.69. The minimum Gasteiger partial charge on any atom is -0.323 e. The summed E-state index contributed by atoms with van der Waals surface area (Å²) in [5.74, 6) is 0.143. The molecule has 2 amide bonds. The zero-order chi connectivity index (χ0) is 15.0. The van der Waals surface area contributed by atoms with Crippen molar-refractivity contribution in [2.45, 2.75) is 19.4 Å². The molecule has 1 atom stereocenters. The Bertz CT molecular complexity index is 727. The van der Waals surface area contributed by atoms with Crippen molar-refractivity contribution in [3.05, 3.63) is 35.1 Å². The largest absolute Gasteiger partial charge is 0.323 e. The molecule has 8 heteroatoms. The number of nitrogens with one attached hydrogen (secondary N) is 2. The second kappa shape index (κ2) is 5.17. The van der Waals surface area contributed by atoms with Crippen molar-refractivity contribution in [1.29, 1.82) is 0 Å². The number of amides is 2. The van der Waals surface area contributed by atoms with Crippen LogP contribution in [0.2, 0.25) is 5.02 Å². The van der Waals surface area contributed by atoms with Crippen molar-refractivity contribution in [3.8, 4) is 0 Å². The molecule has 1 aliphatic heterocycles. The SMILES string of the molecule is Cc1nc2n(n1)[C@@H](C(=O)Nc1ccccc1Cl)CC(=O)N2. The summed E-state index contributed by atoms with van der Waals surface area (Å²) in [5, 5.41) is 9.88. The number of hydrogen-bond donors (Lipinski definition) is 2. The van der Waals surface area contributed by atoms with E-state index in [2.05, 4.69) is 20.7 Å². The van der Waals surface area contributed by atoms with Crippen LogP contribution in [0.15, 0.2) is 24.3 Å². The lowest BCUT2D eigenvalue weighted by molar-refractivity contribution is -0.125. The molecular weight excluding hydrogens is 294 g/mol. The number of para-hydroxylation sites is 1. The van der Waals surface area contributed by atoms with Gasteiger partial charge in [-0.25, -0.2) is 4.68 Å². The minimum absolute atomic E-state index is 0.00604. The first-order chi connectivity index (χ1) is 10.0. The second-order valence-corrected chi connectivity index (χ2v) is 5.07. The molecule has 0 spiro atoms. The summed E-state index contributed by atoms with van der Waals surface area (Å²) in [6.07, 6.45) is 0.00604. The van der Waals surface area contributed by atoms with Crippen molar-refractivity contribution in [2.75, 3.05) is 10.6 Å². The van der Waals surface area contributed by atoms with Crippen LogP contribution in [-0.4, -0.2) is 26.6 Å². The highest BCUT2D eigenvalue weighted by atomic mass is 35.5. The number of hydrogen-bond acceptors (Lipinski definition) is 4. The van der Waals surface area contributed by atoms with Gasteiger partial charge in [-0.2, -0.15) is 10.1 Å². The van der Waals surface area contributed by atoms with Gasteiger partial charge in [0.05, 0.1) is 17.1 Å². The van der Waals surface area contributed by atoms with Crippen LogP contribution in [0.3, 0.4) is 0 Å². The molecule has 2 heterocycles. The summed E-state index contributed by atoms with van der Waals surface area (Å²) in [7, 11) is 0. The maximum absolute atomic E-state index is 12.4. The number of aromatic nitrogens is 3. The summed E-state index contributed by atoms with van der Waals surface area (Å²) >= 11 is 6.01. The molecule has 0 radical (unpaired) electrons. The number of fused-ring (bicyclic) bond motifs is 1. The number of benzene rings is 1. The molecule has 0 unspecified atom stereocenters. The van der Waals surface area contributed by atoms with E-state index in [4.69, 9.17) is 11.6 Å². The van der Waals surface area contributed by atoms with Gasteiger partial charge >= 0.3 is 0 Å². The molecule has 0 saturated heterocycles. The Morgan fingerprint density at radius 3 is 3.00 bits per heavy atom. The van der Waals surface area contributed by atoms with Gasteiger partial charge in [0.25, 0.3) is 0 Å². The standard InChI is InChI=1S/C13H12ClN5O2/c1-7-15-13-17-11(20)6-10(19(13)18-7)12(21)16-9-5-3-2-4-8(9)14/h2-5,10H,6H2,1H3,(H,16,21)(H,15,17,18,20)/t10-/m1/s1. The fourth-order valence-electron chi connectivity index (χ4n) is 2.15. The number of aryl methyl sites for hydroxylation is 1. The zero-order valence-electron chi connectivity index (χ0n) is 11.1. The molecule has 0 saturated carbocycles. The van der Waals surface area contributed by atoms with Crippen LogP contribution in [0.4, 0.5) is 11.6 Å². The summed E-state index contributed by atoms with van der Waals surface area (Å²) in [5.41, 5.74) is 0.494. The number of carbonyl (C=O) groups is 2. The lowest BCUT2D eigenvalue weighted by Crippen LogP contribution is -2.36. The summed E-state index contributed by atoms with van der Waals surface area (Å²) < 4.78 is 1.42. The van der Waals surface area contributed by atoms with Gasteiger partial charge in [0.15, 0.2) is 0 Å². The van der Waals surface area contributed by atoms with Crippen LogP contribution in [0.1, 0.15) is 18.3 Å². The van der Waals surface area contributed by atoms with Gasteiger partial charge < -0.3 is 5.32 Å². The third-order valence-electron chi connectivity index (χ3n) is 3.10. The minimum atomic E-state index is -0.744. The van der Waals surface area contributed by atoms with E-state index in [1.165, 1.54) is 4.68 Å².